The molecule has 2 aliphatic rings. The summed E-state index contributed by atoms with van der Waals surface area (Å²) in [5.41, 5.74) is 5.14. The maximum absolute atomic E-state index is 11.1. The molecule has 0 amide bonds. The van der Waals surface area contributed by atoms with Crippen LogP contribution >= 0.6 is 0 Å². The van der Waals surface area contributed by atoms with Gasteiger partial charge in [-0.3, -0.25) is 4.79 Å². The Hall–Kier alpha value is -2.88. The van der Waals surface area contributed by atoms with E-state index in [4.69, 9.17) is 9.72 Å². The normalized spacial score (nSPS) is 12.8. The van der Waals surface area contributed by atoms with Gasteiger partial charge >= 0.3 is 5.97 Å². The average molecular weight is 304 g/mol. The molecule has 2 aliphatic heterocycles. The van der Waals surface area contributed by atoms with Gasteiger partial charge in [-0.15, -0.1) is 0 Å². The van der Waals surface area contributed by atoms with Gasteiger partial charge < -0.3 is 9.14 Å². The first-order chi connectivity index (χ1) is 11.1. The zero-order valence-electron chi connectivity index (χ0n) is 13.0. The van der Waals surface area contributed by atoms with E-state index in [1.165, 1.54) is 12.3 Å². The van der Waals surface area contributed by atoms with Crippen LogP contribution in [0.1, 0.15) is 25.5 Å². The molecule has 0 fully saturated rings. The molecule has 23 heavy (non-hydrogen) atoms. The molecule has 0 aliphatic carbocycles. The lowest BCUT2D eigenvalue weighted by molar-refractivity contribution is -0.145. The molecule has 114 valence electrons. The first kappa shape index (κ1) is 13.8. The lowest BCUT2D eigenvalue weighted by atomic mass is 10.1. The van der Waals surface area contributed by atoms with E-state index in [0.717, 1.165) is 27.9 Å². The summed E-state index contributed by atoms with van der Waals surface area (Å²) in [6, 6.07) is 14.3. The molecule has 1 aromatic carbocycles. The SMILES string of the molecule is CC(=O)OC(C)c1ccc2c3nc4ccccc4c-3ccn2c1. The third-order valence-corrected chi connectivity index (χ3v) is 4.14. The number of benzene rings is 1. The van der Waals surface area contributed by atoms with E-state index in [1.54, 1.807) is 0 Å². The second kappa shape index (κ2) is 5.09. The smallest absolute Gasteiger partial charge is 0.303 e. The summed E-state index contributed by atoms with van der Waals surface area (Å²) in [6.45, 7) is 3.30. The van der Waals surface area contributed by atoms with Gasteiger partial charge in [0.2, 0.25) is 0 Å². The highest BCUT2D eigenvalue weighted by Crippen LogP contribution is 2.34. The zero-order chi connectivity index (χ0) is 16.0. The fourth-order valence-electron chi connectivity index (χ4n) is 3.04. The molecule has 2 aromatic rings. The molecule has 0 spiro atoms. The molecule has 4 nitrogen and oxygen atoms in total. The monoisotopic (exact) mass is 304 g/mol. The Labute approximate surface area is 133 Å². The molecule has 1 atom stereocenters. The van der Waals surface area contributed by atoms with Crippen molar-refractivity contribution in [2.45, 2.75) is 20.0 Å². The van der Waals surface area contributed by atoms with E-state index in [0.29, 0.717) is 0 Å². The summed E-state index contributed by atoms with van der Waals surface area (Å²) in [4.78, 5) is 15.9. The van der Waals surface area contributed by atoms with Crippen molar-refractivity contribution in [2.75, 3.05) is 0 Å². The number of esters is 1. The van der Waals surface area contributed by atoms with E-state index >= 15 is 0 Å². The van der Waals surface area contributed by atoms with E-state index in [1.807, 2.05) is 54.0 Å². The number of aromatic nitrogens is 2. The third-order valence-electron chi connectivity index (χ3n) is 4.14. The Bertz CT molecular complexity index is 1000. The quantitative estimate of drug-likeness (QED) is 0.521. The molecule has 0 saturated heterocycles. The topological polar surface area (TPSA) is 43.6 Å². The molecule has 0 N–H and O–H groups in total. The van der Waals surface area contributed by atoms with Crippen molar-refractivity contribution in [1.82, 2.24) is 9.38 Å². The van der Waals surface area contributed by atoms with Gasteiger partial charge in [0, 0.05) is 35.8 Å². The number of rotatable bonds is 2. The molecule has 1 aromatic heterocycles. The molecule has 3 heterocycles. The number of carbonyl (C=O) groups excluding carboxylic acids is 1. The van der Waals surface area contributed by atoms with Gasteiger partial charge in [-0.05, 0) is 25.1 Å². The molecule has 4 heteroatoms. The van der Waals surface area contributed by atoms with Crippen LogP contribution in [0.25, 0.3) is 27.7 Å². The van der Waals surface area contributed by atoms with Gasteiger partial charge in [-0.2, -0.15) is 0 Å². The minimum atomic E-state index is -0.276. The number of pyridine rings is 2. The molecule has 0 saturated carbocycles. The van der Waals surface area contributed by atoms with Gasteiger partial charge in [-0.1, -0.05) is 24.3 Å². The van der Waals surface area contributed by atoms with Gasteiger partial charge in [-0.25, -0.2) is 4.98 Å². The highest BCUT2D eigenvalue weighted by molar-refractivity contribution is 6.01. The Kier molecular flexibility index (Phi) is 3.05. The van der Waals surface area contributed by atoms with Crippen LogP contribution < -0.4 is 0 Å². The third kappa shape index (κ3) is 2.23. The van der Waals surface area contributed by atoms with Crippen molar-refractivity contribution in [1.29, 1.82) is 0 Å². The average Bonchev–Trinajstić information content (AvgIpc) is 2.92. The van der Waals surface area contributed by atoms with Crippen molar-refractivity contribution in [3.05, 3.63) is 60.4 Å². The fourth-order valence-corrected chi connectivity index (χ4v) is 3.04. The van der Waals surface area contributed by atoms with Crippen LogP contribution in [-0.4, -0.2) is 15.4 Å². The maximum atomic E-state index is 11.1. The summed E-state index contributed by atoms with van der Waals surface area (Å²) in [7, 11) is 0. The number of hydrogen-bond donors (Lipinski definition) is 0. The van der Waals surface area contributed by atoms with E-state index in [2.05, 4.69) is 12.1 Å². The van der Waals surface area contributed by atoms with Crippen molar-refractivity contribution < 1.29 is 9.53 Å². The first-order valence-corrected chi connectivity index (χ1v) is 7.60. The number of carbonyl (C=O) groups is 1. The standard InChI is InChI=1S/C19H16N2O2/c1-12(23-13(2)22)14-7-8-18-19-16(9-10-21(18)11-14)15-5-3-4-6-17(15)20-19/h3-12H,1-2H3. The summed E-state index contributed by atoms with van der Waals surface area (Å²) in [5, 5.41) is 1.17. The highest BCUT2D eigenvalue weighted by Gasteiger charge is 2.16. The van der Waals surface area contributed by atoms with Crippen LogP contribution in [0, 0.1) is 0 Å². The lowest BCUT2D eigenvalue weighted by Gasteiger charge is -2.14. The zero-order valence-corrected chi connectivity index (χ0v) is 13.0. The lowest BCUT2D eigenvalue weighted by Crippen LogP contribution is -2.06. The van der Waals surface area contributed by atoms with E-state index in [9.17, 15) is 4.79 Å². The van der Waals surface area contributed by atoms with Crippen molar-refractivity contribution in [3.63, 3.8) is 0 Å². The molecule has 0 bridgehead atoms. The van der Waals surface area contributed by atoms with Gasteiger partial charge in [0.15, 0.2) is 0 Å². The second-order valence-corrected chi connectivity index (χ2v) is 5.71. The minimum absolute atomic E-state index is 0.271. The Balaban J connectivity index is 1.90. The number of para-hydroxylation sites is 1. The molecule has 1 unspecified atom stereocenters. The van der Waals surface area contributed by atoms with Crippen molar-refractivity contribution in [2.24, 2.45) is 0 Å². The van der Waals surface area contributed by atoms with Gasteiger partial charge in [0.25, 0.3) is 0 Å². The van der Waals surface area contributed by atoms with E-state index in [-0.39, 0.29) is 12.1 Å². The molecule has 4 rings (SSSR count). The van der Waals surface area contributed by atoms with Crippen LogP contribution in [0.3, 0.4) is 0 Å². The maximum Gasteiger partial charge on any atom is 0.303 e. The largest absolute Gasteiger partial charge is 0.458 e. The minimum Gasteiger partial charge on any atom is -0.458 e. The van der Waals surface area contributed by atoms with E-state index < -0.39 is 0 Å². The number of hydrogen-bond acceptors (Lipinski definition) is 3. The van der Waals surface area contributed by atoms with Gasteiger partial charge in [0.05, 0.1) is 16.7 Å². The van der Waals surface area contributed by atoms with Crippen LogP contribution in [-0.2, 0) is 9.53 Å². The fraction of sp³-hybridized carbons (Fsp3) is 0.158. The number of ether oxygens (including phenoxy) is 1. The first-order valence-electron chi connectivity index (χ1n) is 7.60. The number of nitrogens with zero attached hydrogens (tertiary/aromatic N) is 2. The van der Waals surface area contributed by atoms with Crippen LogP contribution in [0.4, 0.5) is 0 Å². The molecular weight excluding hydrogens is 288 g/mol. The molecule has 0 radical (unpaired) electrons. The predicted octanol–water partition coefficient (Wildman–Crippen LogP) is 4.22. The second-order valence-electron chi connectivity index (χ2n) is 5.71. The Morgan fingerprint density at radius 1 is 1.17 bits per heavy atom. The van der Waals surface area contributed by atoms with Crippen LogP contribution in [0.15, 0.2) is 54.9 Å². The highest BCUT2D eigenvalue weighted by atomic mass is 16.5. The summed E-state index contributed by atoms with van der Waals surface area (Å²) in [6.07, 6.45) is 3.74. The Morgan fingerprint density at radius 2 is 2.00 bits per heavy atom. The molecular formula is C19H16N2O2. The summed E-state index contributed by atoms with van der Waals surface area (Å²) < 4.78 is 7.28. The summed E-state index contributed by atoms with van der Waals surface area (Å²) in [5.74, 6) is -0.276. The van der Waals surface area contributed by atoms with Crippen molar-refractivity contribution in [3.8, 4) is 11.3 Å². The Morgan fingerprint density at radius 3 is 2.83 bits per heavy atom. The van der Waals surface area contributed by atoms with Crippen molar-refractivity contribution >= 4 is 22.4 Å². The van der Waals surface area contributed by atoms with Crippen LogP contribution in [0.2, 0.25) is 0 Å². The predicted molar refractivity (Wildman–Crippen MR) is 89.5 cm³/mol. The summed E-state index contributed by atoms with van der Waals surface area (Å²) >= 11 is 0. The van der Waals surface area contributed by atoms with Crippen LogP contribution in [0.5, 0.6) is 0 Å². The number of fused-ring (bicyclic) bond motifs is 5. The van der Waals surface area contributed by atoms with Gasteiger partial charge in [0.1, 0.15) is 6.10 Å².